The molecular weight excluding hydrogens is 330 g/mol. The van der Waals surface area contributed by atoms with Crippen molar-refractivity contribution in [3.8, 4) is 0 Å². The van der Waals surface area contributed by atoms with Gasteiger partial charge in [-0.3, -0.25) is 0 Å². The lowest BCUT2D eigenvalue weighted by Crippen LogP contribution is -2.43. The van der Waals surface area contributed by atoms with Crippen LogP contribution in [0.1, 0.15) is 11.1 Å². The Morgan fingerprint density at radius 1 is 0.875 bits per heavy atom. The van der Waals surface area contributed by atoms with E-state index < -0.39 is 18.1 Å². The maximum atomic E-state index is 12.0. The van der Waals surface area contributed by atoms with Gasteiger partial charge in [0.15, 0.2) is 0 Å². The number of amides is 1. The number of halogens is 1. The summed E-state index contributed by atoms with van der Waals surface area (Å²) in [7, 11) is 0. The molecule has 2 aromatic carbocycles. The quantitative estimate of drug-likeness (QED) is 0.616. The van der Waals surface area contributed by atoms with Gasteiger partial charge in [-0.15, -0.1) is 11.6 Å². The molecule has 0 radical (unpaired) electrons. The minimum absolute atomic E-state index is 0.103. The van der Waals surface area contributed by atoms with Crippen LogP contribution in [0.3, 0.4) is 0 Å². The Morgan fingerprint density at radius 2 is 1.38 bits per heavy atom. The molecule has 1 amide bonds. The van der Waals surface area contributed by atoms with E-state index in [0.717, 1.165) is 11.1 Å². The van der Waals surface area contributed by atoms with Crippen LogP contribution in [0.4, 0.5) is 4.79 Å². The number of rotatable bonds is 7. The van der Waals surface area contributed by atoms with E-state index in [1.165, 1.54) is 0 Å². The van der Waals surface area contributed by atoms with E-state index in [0.29, 0.717) is 0 Å². The minimum Gasteiger partial charge on any atom is -0.459 e. The normalized spacial score (nSPS) is 11.4. The van der Waals surface area contributed by atoms with Crippen molar-refractivity contribution in [3.05, 3.63) is 71.8 Å². The highest BCUT2D eigenvalue weighted by Gasteiger charge is 2.22. The molecule has 0 bridgehead atoms. The smallest absolute Gasteiger partial charge is 0.408 e. The lowest BCUT2D eigenvalue weighted by Gasteiger charge is -2.15. The van der Waals surface area contributed by atoms with Gasteiger partial charge in [-0.25, -0.2) is 9.59 Å². The summed E-state index contributed by atoms with van der Waals surface area (Å²) in [5.41, 5.74) is 1.70. The van der Waals surface area contributed by atoms with Crippen LogP contribution in [0.5, 0.6) is 0 Å². The van der Waals surface area contributed by atoms with E-state index in [4.69, 9.17) is 21.1 Å². The van der Waals surface area contributed by atoms with Crippen molar-refractivity contribution in [3.63, 3.8) is 0 Å². The lowest BCUT2D eigenvalue weighted by molar-refractivity contribution is -0.146. The Kier molecular flexibility index (Phi) is 7.11. The van der Waals surface area contributed by atoms with Crippen LogP contribution >= 0.6 is 11.6 Å². The lowest BCUT2D eigenvalue weighted by atomic mass is 10.2. The molecule has 0 aromatic heterocycles. The molecule has 126 valence electrons. The van der Waals surface area contributed by atoms with Crippen molar-refractivity contribution in [1.29, 1.82) is 0 Å². The van der Waals surface area contributed by atoms with Crippen molar-refractivity contribution in [2.24, 2.45) is 0 Å². The Bertz CT molecular complexity index is 649. The molecule has 0 aliphatic carbocycles. The van der Waals surface area contributed by atoms with Crippen molar-refractivity contribution < 1.29 is 19.1 Å². The minimum atomic E-state index is -0.960. The van der Waals surface area contributed by atoms with E-state index in [2.05, 4.69) is 5.32 Å². The van der Waals surface area contributed by atoms with Gasteiger partial charge in [0.05, 0.1) is 5.88 Å². The third-order valence-corrected chi connectivity index (χ3v) is 3.48. The number of hydrogen-bond acceptors (Lipinski definition) is 4. The molecular formula is C18H18ClNO4. The monoisotopic (exact) mass is 347 g/mol. The van der Waals surface area contributed by atoms with Gasteiger partial charge < -0.3 is 14.8 Å². The average Bonchev–Trinajstić information content (AvgIpc) is 2.64. The number of carbonyl (C=O) groups is 2. The molecule has 1 atom stereocenters. The van der Waals surface area contributed by atoms with E-state index in [1.54, 1.807) is 0 Å². The van der Waals surface area contributed by atoms with Gasteiger partial charge in [-0.1, -0.05) is 60.7 Å². The van der Waals surface area contributed by atoms with Crippen LogP contribution in [-0.4, -0.2) is 24.0 Å². The van der Waals surface area contributed by atoms with Gasteiger partial charge in [-0.05, 0) is 11.1 Å². The van der Waals surface area contributed by atoms with Gasteiger partial charge in [0.25, 0.3) is 0 Å². The molecule has 0 saturated carbocycles. The number of nitrogens with one attached hydrogen (secondary N) is 1. The van der Waals surface area contributed by atoms with Gasteiger partial charge in [0.2, 0.25) is 0 Å². The molecule has 0 spiro atoms. The van der Waals surface area contributed by atoms with Gasteiger partial charge in [0.1, 0.15) is 19.3 Å². The van der Waals surface area contributed by atoms with Crippen LogP contribution in [0, 0.1) is 0 Å². The van der Waals surface area contributed by atoms with Crippen molar-refractivity contribution >= 4 is 23.7 Å². The standard InChI is InChI=1S/C18H18ClNO4/c19-11-16(17(21)23-12-14-7-3-1-4-8-14)20-18(22)24-13-15-9-5-2-6-10-15/h1-10,16H,11-13H2,(H,20,22)/t16-/m0/s1. The summed E-state index contributed by atoms with van der Waals surface area (Å²) in [6.07, 6.45) is -0.721. The largest absolute Gasteiger partial charge is 0.459 e. The third-order valence-electron chi connectivity index (χ3n) is 3.17. The molecule has 0 fully saturated rings. The van der Waals surface area contributed by atoms with Crippen LogP contribution < -0.4 is 5.32 Å². The zero-order chi connectivity index (χ0) is 17.2. The first-order chi connectivity index (χ1) is 11.7. The predicted octanol–water partition coefficient (Wildman–Crippen LogP) is 3.26. The fraction of sp³-hybridized carbons (Fsp3) is 0.222. The molecule has 2 rings (SSSR count). The SMILES string of the molecule is O=C(N[C@@H](CCl)C(=O)OCc1ccccc1)OCc1ccccc1. The van der Waals surface area contributed by atoms with Crippen LogP contribution in [0.2, 0.25) is 0 Å². The highest BCUT2D eigenvalue weighted by Crippen LogP contribution is 2.04. The van der Waals surface area contributed by atoms with Crippen LogP contribution in [0.15, 0.2) is 60.7 Å². The van der Waals surface area contributed by atoms with Gasteiger partial charge in [0, 0.05) is 0 Å². The first-order valence-electron chi connectivity index (χ1n) is 7.43. The number of alkyl carbamates (subject to hydrolysis) is 1. The van der Waals surface area contributed by atoms with Gasteiger partial charge >= 0.3 is 12.1 Å². The molecule has 0 aliphatic rings. The van der Waals surface area contributed by atoms with Crippen molar-refractivity contribution in [2.75, 3.05) is 5.88 Å². The highest BCUT2D eigenvalue weighted by molar-refractivity contribution is 6.19. The maximum absolute atomic E-state index is 12.0. The number of benzene rings is 2. The Balaban J connectivity index is 1.77. The number of carbonyl (C=O) groups excluding carboxylic acids is 2. The first-order valence-corrected chi connectivity index (χ1v) is 7.96. The zero-order valence-corrected chi connectivity index (χ0v) is 13.7. The summed E-state index contributed by atoms with van der Waals surface area (Å²) in [6.45, 7) is 0.231. The Labute approximate surface area is 145 Å². The number of alkyl halides is 1. The second-order valence-electron chi connectivity index (χ2n) is 5.01. The molecule has 6 heteroatoms. The highest BCUT2D eigenvalue weighted by atomic mass is 35.5. The first kappa shape index (κ1) is 17.8. The van der Waals surface area contributed by atoms with Gasteiger partial charge in [-0.2, -0.15) is 0 Å². The predicted molar refractivity (Wildman–Crippen MR) is 90.5 cm³/mol. The number of hydrogen-bond donors (Lipinski definition) is 1. The average molecular weight is 348 g/mol. The fourth-order valence-corrected chi connectivity index (χ4v) is 2.10. The second kappa shape index (κ2) is 9.57. The molecule has 0 aliphatic heterocycles. The van der Waals surface area contributed by atoms with Crippen molar-refractivity contribution in [1.82, 2.24) is 5.32 Å². The third kappa shape index (κ3) is 5.93. The summed E-state index contributed by atoms with van der Waals surface area (Å²) >= 11 is 5.73. The molecule has 24 heavy (non-hydrogen) atoms. The topological polar surface area (TPSA) is 64.6 Å². The summed E-state index contributed by atoms with van der Waals surface area (Å²) in [4.78, 5) is 23.7. The van der Waals surface area contributed by atoms with E-state index in [9.17, 15) is 9.59 Å². The zero-order valence-electron chi connectivity index (χ0n) is 13.0. The summed E-state index contributed by atoms with van der Waals surface area (Å²) < 4.78 is 10.2. The second-order valence-corrected chi connectivity index (χ2v) is 5.31. The van der Waals surface area contributed by atoms with Crippen LogP contribution in [0.25, 0.3) is 0 Å². The van der Waals surface area contributed by atoms with Crippen molar-refractivity contribution in [2.45, 2.75) is 19.3 Å². The van der Waals surface area contributed by atoms with Crippen LogP contribution in [-0.2, 0) is 27.5 Å². The Morgan fingerprint density at radius 3 is 1.88 bits per heavy atom. The summed E-state index contributed by atoms with van der Waals surface area (Å²) in [5.74, 6) is -0.709. The summed E-state index contributed by atoms with van der Waals surface area (Å²) in [6, 6.07) is 17.5. The number of ether oxygens (including phenoxy) is 2. The molecule has 5 nitrogen and oxygen atoms in total. The maximum Gasteiger partial charge on any atom is 0.408 e. The molecule has 1 N–H and O–H groups in total. The Hall–Kier alpha value is -2.53. The van der Waals surface area contributed by atoms with E-state index >= 15 is 0 Å². The molecule has 0 heterocycles. The number of esters is 1. The molecule has 2 aromatic rings. The molecule has 0 unspecified atom stereocenters. The van der Waals surface area contributed by atoms with E-state index in [-0.39, 0.29) is 19.1 Å². The fourth-order valence-electron chi connectivity index (χ4n) is 1.90. The molecule has 0 saturated heterocycles. The summed E-state index contributed by atoms with van der Waals surface area (Å²) in [5, 5.41) is 2.41. The van der Waals surface area contributed by atoms with E-state index in [1.807, 2.05) is 60.7 Å².